The number of hydrogen-bond acceptors (Lipinski definition) is 4. The van der Waals surface area contributed by atoms with Crippen LogP contribution in [0.2, 0.25) is 0 Å². The molecule has 1 saturated heterocycles. The van der Waals surface area contributed by atoms with Crippen LogP contribution in [0.15, 0.2) is 28.7 Å². The van der Waals surface area contributed by atoms with E-state index in [1.54, 1.807) is 0 Å². The monoisotopic (exact) mass is 381 g/mol. The number of nitrogens with one attached hydrogen (secondary N) is 1. The summed E-state index contributed by atoms with van der Waals surface area (Å²) in [4.78, 5) is 12.1. The number of piperidine rings is 1. The Labute approximate surface area is 146 Å². The summed E-state index contributed by atoms with van der Waals surface area (Å²) in [6.45, 7) is 6.63. The third-order valence-electron chi connectivity index (χ3n) is 4.58. The molecule has 1 aromatic carbocycles. The minimum atomic E-state index is -0.488. The smallest absolute Gasteiger partial charge is 0.332 e. The van der Waals surface area contributed by atoms with Gasteiger partial charge in [0, 0.05) is 10.5 Å². The lowest BCUT2D eigenvalue weighted by atomic mass is 9.86. The van der Waals surface area contributed by atoms with Crippen molar-refractivity contribution in [2.45, 2.75) is 50.9 Å². The summed E-state index contributed by atoms with van der Waals surface area (Å²) >= 11 is 3.48. The lowest BCUT2D eigenvalue weighted by Crippen LogP contribution is -2.49. The van der Waals surface area contributed by atoms with Crippen LogP contribution in [-0.2, 0) is 19.9 Å². The van der Waals surface area contributed by atoms with Crippen molar-refractivity contribution in [1.29, 1.82) is 0 Å². The molecule has 2 aliphatic rings. The first kappa shape index (κ1) is 16.9. The molecule has 0 spiro atoms. The molecular weight excluding hydrogens is 358 g/mol. The first-order valence-electron chi connectivity index (χ1n) is 8.14. The van der Waals surface area contributed by atoms with Gasteiger partial charge in [-0.3, -0.25) is 0 Å². The van der Waals surface area contributed by atoms with Crippen LogP contribution in [0.4, 0.5) is 0 Å². The fraction of sp³-hybridized carbons (Fsp3) is 0.611. The highest BCUT2D eigenvalue weighted by Crippen LogP contribution is 2.48. The van der Waals surface area contributed by atoms with Crippen molar-refractivity contribution in [3.05, 3.63) is 34.3 Å². The van der Waals surface area contributed by atoms with Crippen molar-refractivity contribution in [1.82, 2.24) is 5.32 Å². The molecule has 2 bridgehead atoms. The quantitative estimate of drug-likeness (QED) is 0.812. The lowest BCUT2D eigenvalue weighted by molar-refractivity contribution is -0.170. The Morgan fingerprint density at radius 1 is 1.35 bits per heavy atom. The predicted molar refractivity (Wildman–Crippen MR) is 92.1 cm³/mol. The molecule has 0 aromatic heterocycles. The highest BCUT2D eigenvalue weighted by Gasteiger charge is 2.53. The average molecular weight is 382 g/mol. The Kier molecular flexibility index (Phi) is 4.55. The molecule has 0 amide bonds. The minimum absolute atomic E-state index is 0.0156. The molecule has 0 radical (unpaired) electrons. The zero-order chi connectivity index (χ0) is 16.7. The van der Waals surface area contributed by atoms with Crippen LogP contribution in [0.1, 0.15) is 39.2 Å². The maximum atomic E-state index is 12.1. The number of carbonyl (C=O) groups excluding carboxylic acids is 1. The van der Waals surface area contributed by atoms with E-state index in [-0.39, 0.29) is 18.6 Å². The van der Waals surface area contributed by atoms with Crippen LogP contribution in [0.25, 0.3) is 0 Å². The molecule has 23 heavy (non-hydrogen) atoms. The minimum Gasteiger partial charge on any atom is -0.458 e. The van der Waals surface area contributed by atoms with E-state index in [1.807, 2.05) is 32.9 Å². The third kappa shape index (κ3) is 3.62. The number of rotatable bonds is 4. The van der Waals surface area contributed by atoms with E-state index in [2.05, 4.69) is 33.4 Å². The van der Waals surface area contributed by atoms with Crippen molar-refractivity contribution < 1.29 is 14.3 Å². The Bertz CT molecular complexity index is 581. The summed E-state index contributed by atoms with van der Waals surface area (Å²) in [5, 5.41) is 3.54. The van der Waals surface area contributed by atoms with E-state index < -0.39 is 11.2 Å². The van der Waals surface area contributed by atoms with Crippen molar-refractivity contribution >= 4 is 21.9 Å². The summed E-state index contributed by atoms with van der Waals surface area (Å²) in [5.74, 6) is 0.305. The zero-order valence-corrected chi connectivity index (χ0v) is 15.5. The highest BCUT2D eigenvalue weighted by atomic mass is 79.9. The Balaban J connectivity index is 1.78. The lowest BCUT2D eigenvalue weighted by Gasteiger charge is -2.38. The number of carbonyl (C=O) groups is 1. The molecule has 126 valence electrons. The molecule has 1 aliphatic carbocycles. The second-order valence-corrected chi connectivity index (χ2v) is 8.45. The Morgan fingerprint density at radius 3 is 2.57 bits per heavy atom. The number of esters is 1. The second kappa shape index (κ2) is 6.19. The number of fused-ring (bicyclic) bond motifs is 2. The second-order valence-electron chi connectivity index (χ2n) is 7.54. The number of hydrogen-bond donors (Lipinski definition) is 1. The van der Waals surface area contributed by atoms with Gasteiger partial charge in [0.25, 0.3) is 0 Å². The first-order chi connectivity index (χ1) is 10.8. The molecule has 1 aliphatic heterocycles. The standard InChI is InChI=1S/C18H24BrNO3/c1-17(2,3)23-16(21)11-22-18(9-12-8-15(18)20-10-12)13-4-6-14(19)7-5-13/h4-7,12,15,20H,8-11H2,1-3H3. The Hall–Kier alpha value is -0.910. The van der Waals surface area contributed by atoms with Gasteiger partial charge in [0.15, 0.2) is 0 Å². The van der Waals surface area contributed by atoms with Crippen LogP contribution in [-0.4, -0.2) is 30.8 Å². The number of ether oxygens (including phenoxy) is 2. The summed E-state index contributed by atoms with van der Waals surface area (Å²) in [5.41, 5.74) is 0.211. The van der Waals surface area contributed by atoms with Gasteiger partial charge >= 0.3 is 5.97 Å². The van der Waals surface area contributed by atoms with Crippen LogP contribution >= 0.6 is 15.9 Å². The van der Waals surface area contributed by atoms with Crippen molar-refractivity contribution in [3.63, 3.8) is 0 Å². The number of benzene rings is 1. The van der Waals surface area contributed by atoms with Crippen molar-refractivity contribution in [2.75, 3.05) is 13.2 Å². The molecule has 1 heterocycles. The molecule has 2 fully saturated rings. The fourth-order valence-corrected chi connectivity index (χ4v) is 4.01. The zero-order valence-electron chi connectivity index (χ0n) is 13.9. The van der Waals surface area contributed by atoms with E-state index >= 15 is 0 Å². The van der Waals surface area contributed by atoms with Gasteiger partial charge in [0.05, 0.1) is 0 Å². The van der Waals surface area contributed by atoms with Gasteiger partial charge in [-0.2, -0.15) is 0 Å². The maximum Gasteiger partial charge on any atom is 0.332 e. The first-order valence-corrected chi connectivity index (χ1v) is 8.93. The molecular formula is C18H24BrNO3. The molecule has 3 rings (SSSR count). The topological polar surface area (TPSA) is 47.6 Å². The summed E-state index contributed by atoms with van der Waals surface area (Å²) in [6.07, 6.45) is 2.06. The molecule has 5 heteroatoms. The van der Waals surface area contributed by atoms with Gasteiger partial charge in [-0.1, -0.05) is 28.1 Å². The summed E-state index contributed by atoms with van der Waals surface area (Å²) in [7, 11) is 0. The van der Waals surface area contributed by atoms with Crippen LogP contribution < -0.4 is 5.32 Å². The van der Waals surface area contributed by atoms with Gasteiger partial charge < -0.3 is 14.8 Å². The van der Waals surface area contributed by atoms with Gasteiger partial charge in [0.1, 0.15) is 17.8 Å². The van der Waals surface area contributed by atoms with Gasteiger partial charge in [-0.25, -0.2) is 4.79 Å². The van der Waals surface area contributed by atoms with E-state index in [4.69, 9.17) is 9.47 Å². The summed E-state index contributed by atoms with van der Waals surface area (Å²) < 4.78 is 12.6. The Morgan fingerprint density at radius 2 is 2.04 bits per heavy atom. The highest BCUT2D eigenvalue weighted by molar-refractivity contribution is 9.10. The van der Waals surface area contributed by atoms with Crippen LogP contribution in [0, 0.1) is 5.92 Å². The summed E-state index contributed by atoms with van der Waals surface area (Å²) in [6, 6.07) is 8.49. The largest absolute Gasteiger partial charge is 0.458 e. The fourth-order valence-electron chi connectivity index (χ4n) is 3.74. The van der Waals surface area contributed by atoms with Gasteiger partial charge in [0.2, 0.25) is 0 Å². The third-order valence-corrected chi connectivity index (χ3v) is 5.11. The van der Waals surface area contributed by atoms with Gasteiger partial charge in [-0.05, 0) is 63.8 Å². The van der Waals surface area contributed by atoms with E-state index in [0.717, 1.165) is 29.4 Å². The number of halogens is 1. The average Bonchev–Trinajstić information content (AvgIpc) is 3.05. The van der Waals surface area contributed by atoms with E-state index in [9.17, 15) is 4.79 Å². The SMILES string of the molecule is CC(C)(C)OC(=O)COC1(c2ccc(Br)cc2)CC2CNC1C2. The molecule has 3 atom stereocenters. The van der Waals surface area contributed by atoms with Crippen LogP contribution in [0.3, 0.4) is 0 Å². The molecule has 4 nitrogen and oxygen atoms in total. The maximum absolute atomic E-state index is 12.1. The molecule has 1 aromatic rings. The normalized spacial score (nSPS) is 29.7. The van der Waals surface area contributed by atoms with E-state index in [1.165, 1.54) is 0 Å². The van der Waals surface area contributed by atoms with Gasteiger partial charge in [-0.15, -0.1) is 0 Å². The predicted octanol–water partition coefficient (Wildman–Crippen LogP) is 3.38. The van der Waals surface area contributed by atoms with E-state index in [0.29, 0.717) is 5.92 Å². The molecule has 1 saturated carbocycles. The van der Waals surface area contributed by atoms with Crippen molar-refractivity contribution in [3.8, 4) is 0 Å². The van der Waals surface area contributed by atoms with Crippen molar-refractivity contribution in [2.24, 2.45) is 5.92 Å². The van der Waals surface area contributed by atoms with Crippen LogP contribution in [0.5, 0.6) is 0 Å². The molecule has 1 N–H and O–H groups in total. The molecule has 3 unspecified atom stereocenters.